The van der Waals surface area contributed by atoms with Crippen molar-refractivity contribution in [2.75, 3.05) is 34.4 Å². The minimum atomic E-state index is -0.615. The number of hydrogen-bond acceptors (Lipinski definition) is 7. The van der Waals surface area contributed by atoms with E-state index < -0.39 is 36.0 Å². The lowest BCUT2D eigenvalue weighted by Crippen LogP contribution is -2.54. The summed E-state index contributed by atoms with van der Waals surface area (Å²) < 4.78 is 11.9. The fourth-order valence-corrected chi connectivity index (χ4v) is 7.33. The lowest BCUT2D eigenvalue weighted by atomic mass is 9.82. The van der Waals surface area contributed by atoms with Crippen LogP contribution in [0.3, 0.4) is 0 Å². The molecule has 3 N–H and O–H groups in total. The minimum absolute atomic E-state index is 0.00220. The van der Waals surface area contributed by atoms with Gasteiger partial charge in [-0.3, -0.25) is 24.2 Å². The topological polar surface area (TPSA) is 144 Å². The summed E-state index contributed by atoms with van der Waals surface area (Å²) in [5.74, 6) is -2.19. The molecule has 4 amide bonds. The van der Waals surface area contributed by atoms with Crippen molar-refractivity contribution in [1.82, 2.24) is 20.1 Å². The van der Waals surface area contributed by atoms with Crippen LogP contribution in [0.4, 0.5) is 0 Å². The fourth-order valence-electron chi connectivity index (χ4n) is 7.33. The first-order valence-corrected chi connectivity index (χ1v) is 17.5. The third-order valence-corrected chi connectivity index (χ3v) is 10.2. The van der Waals surface area contributed by atoms with E-state index in [1.165, 1.54) is 0 Å². The fraction of sp³-hybridized carbons (Fsp3) is 0.605. The van der Waals surface area contributed by atoms with Crippen LogP contribution in [0.15, 0.2) is 48.8 Å². The molecule has 0 unspecified atom stereocenters. The molecule has 49 heavy (non-hydrogen) atoms. The number of benzene rings is 1. The summed E-state index contributed by atoms with van der Waals surface area (Å²) >= 11 is 0. The highest BCUT2D eigenvalue weighted by molar-refractivity contribution is 5.97. The van der Waals surface area contributed by atoms with Crippen LogP contribution in [0.1, 0.15) is 87.7 Å². The Morgan fingerprint density at radius 2 is 1.78 bits per heavy atom. The van der Waals surface area contributed by atoms with E-state index in [0.717, 1.165) is 24.8 Å². The van der Waals surface area contributed by atoms with Crippen molar-refractivity contribution in [1.29, 1.82) is 0 Å². The molecule has 11 heteroatoms. The Balaban J connectivity index is 1.78. The quantitative estimate of drug-likeness (QED) is 0.240. The van der Waals surface area contributed by atoms with Crippen molar-refractivity contribution in [3.63, 3.8) is 0 Å². The SMILES string of the molecule is CC[C@H](C)[C@@H]([C@@H](CC(=O)N1CCC[C@H]1[C@H](OC)[C@@H](C)C(=O)NCCc1cccnc1)OC)N(C)C(=O)[C@H](c1ccccc1C(N)=O)C(C)C. The smallest absolute Gasteiger partial charge is 0.249 e. The van der Waals surface area contributed by atoms with Gasteiger partial charge in [0.05, 0.1) is 42.5 Å². The van der Waals surface area contributed by atoms with E-state index in [2.05, 4.69) is 24.1 Å². The summed E-state index contributed by atoms with van der Waals surface area (Å²) in [6.07, 6.45) is 5.43. The number of likely N-dealkylation sites (N-methyl/N-ethyl adjacent to an activating group) is 1. The van der Waals surface area contributed by atoms with Crippen LogP contribution in [0.25, 0.3) is 0 Å². The maximum absolute atomic E-state index is 14.3. The highest BCUT2D eigenvalue weighted by Crippen LogP contribution is 2.33. The lowest BCUT2D eigenvalue weighted by molar-refractivity contribution is -0.146. The number of likely N-dealkylation sites (tertiary alicyclic amines) is 1. The third kappa shape index (κ3) is 9.88. The maximum Gasteiger partial charge on any atom is 0.249 e. The molecule has 270 valence electrons. The highest BCUT2D eigenvalue weighted by atomic mass is 16.5. The summed E-state index contributed by atoms with van der Waals surface area (Å²) in [6, 6.07) is 10.1. The second-order valence-electron chi connectivity index (χ2n) is 13.7. The van der Waals surface area contributed by atoms with Gasteiger partial charge in [-0.25, -0.2) is 0 Å². The van der Waals surface area contributed by atoms with Crippen LogP contribution in [0.5, 0.6) is 0 Å². The van der Waals surface area contributed by atoms with E-state index in [9.17, 15) is 19.2 Å². The Hall–Kier alpha value is -3.83. The number of carbonyl (C=O) groups excluding carboxylic acids is 4. The molecule has 0 aliphatic carbocycles. The van der Waals surface area contributed by atoms with Crippen LogP contribution in [-0.4, -0.2) is 97.1 Å². The molecule has 2 heterocycles. The number of carbonyl (C=O) groups is 4. The van der Waals surface area contributed by atoms with Crippen molar-refractivity contribution in [3.05, 3.63) is 65.5 Å². The van der Waals surface area contributed by atoms with Gasteiger partial charge >= 0.3 is 0 Å². The van der Waals surface area contributed by atoms with Gasteiger partial charge in [-0.2, -0.15) is 0 Å². The van der Waals surface area contributed by atoms with Crippen molar-refractivity contribution >= 4 is 23.6 Å². The second kappa shape index (κ2) is 18.8. The van der Waals surface area contributed by atoms with Crippen molar-refractivity contribution in [3.8, 4) is 0 Å². The third-order valence-electron chi connectivity index (χ3n) is 10.2. The molecule has 1 aromatic heterocycles. The van der Waals surface area contributed by atoms with Gasteiger partial charge in [0, 0.05) is 52.3 Å². The molecule has 7 atom stereocenters. The number of primary amides is 1. The highest BCUT2D eigenvalue weighted by Gasteiger charge is 2.43. The van der Waals surface area contributed by atoms with E-state index in [0.29, 0.717) is 30.6 Å². The zero-order valence-corrected chi connectivity index (χ0v) is 30.6. The van der Waals surface area contributed by atoms with E-state index in [4.69, 9.17) is 15.2 Å². The summed E-state index contributed by atoms with van der Waals surface area (Å²) in [7, 11) is 4.92. The monoisotopic (exact) mass is 679 g/mol. The van der Waals surface area contributed by atoms with Crippen LogP contribution >= 0.6 is 0 Å². The number of amides is 4. The maximum atomic E-state index is 14.3. The number of ether oxygens (including phenoxy) is 2. The van der Waals surface area contributed by atoms with Gasteiger partial charge in [0.2, 0.25) is 23.6 Å². The molecule has 0 radical (unpaired) electrons. The molecule has 1 saturated heterocycles. The number of aromatic nitrogens is 1. The largest absolute Gasteiger partial charge is 0.379 e. The van der Waals surface area contributed by atoms with Crippen LogP contribution < -0.4 is 11.1 Å². The van der Waals surface area contributed by atoms with E-state index in [-0.39, 0.29) is 42.0 Å². The van der Waals surface area contributed by atoms with Crippen LogP contribution in [-0.2, 0) is 30.3 Å². The molecule has 0 spiro atoms. The summed E-state index contributed by atoms with van der Waals surface area (Å²) in [4.78, 5) is 61.6. The summed E-state index contributed by atoms with van der Waals surface area (Å²) in [5.41, 5.74) is 7.66. The number of methoxy groups -OCH3 is 2. The first-order chi connectivity index (χ1) is 23.4. The summed E-state index contributed by atoms with van der Waals surface area (Å²) in [6.45, 7) is 10.9. The number of hydrogen-bond donors (Lipinski definition) is 2. The van der Waals surface area contributed by atoms with E-state index in [1.807, 2.05) is 37.8 Å². The second-order valence-corrected chi connectivity index (χ2v) is 13.7. The average molecular weight is 680 g/mol. The molecule has 2 aromatic rings. The summed E-state index contributed by atoms with van der Waals surface area (Å²) in [5, 5.41) is 3.02. The van der Waals surface area contributed by atoms with Crippen molar-refractivity contribution in [2.45, 2.75) is 96.9 Å². The first kappa shape index (κ1) is 39.6. The van der Waals surface area contributed by atoms with Gasteiger partial charge < -0.3 is 30.3 Å². The molecular weight excluding hydrogens is 622 g/mol. The van der Waals surface area contributed by atoms with Crippen LogP contribution in [0, 0.1) is 17.8 Å². The number of rotatable bonds is 18. The molecule has 0 saturated carbocycles. The number of nitrogens with two attached hydrogens (primary N) is 1. The molecule has 3 rings (SSSR count). The van der Waals surface area contributed by atoms with Gasteiger partial charge in [-0.1, -0.05) is 65.3 Å². The predicted octanol–water partition coefficient (Wildman–Crippen LogP) is 4.20. The molecule has 0 bridgehead atoms. The Morgan fingerprint density at radius 3 is 2.37 bits per heavy atom. The molecule has 1 aliphatic heterocycles. The zero-order chi connectivity index (χ0) is 36.2. The zero-order valence-electron chi connectivity index (χ0n) is 30.6. The molecular formula is C38H57N5O6. The van der Waals surface area contributed by atoms with Gasteiger partial charge in [-0.15, -0.1) is 0 Å². The Labute approximate surface area is 292 Å². The molecule has 11 nitrogen and oxygen atoms in total. The van der Waals surface area contributed by atoms with Crippen LogP contribution in [0.2, 0.25) is 0 Å². The molecule has 1 aromatic carbocycles. The van der Waals surface area contributed by atoms with Crippen molar-refractivity contribution < 1.29 is 28.7 Å². The Morgan fingerprint density at radius 1 is 1.06 bits per heavy atom. The Kier molecular flexibility index (Phi) is 15.2. The normalized spacial score (nSPS) is 18.3. The van der Waals surface area contributed by atoms with Gasteiger partial charge in [-0.05, 0) is 54.4 Å². The Bertz CT molecular complexity index is 1390. The predicted molar refractivity (Wildman–Crippen MR) is 190 cm³/mol. The average Bonchev–Trinajstić information content (AvgIpc) is 3.58. The van der Waals surface area contributed by atoms with E-state index in [1.54, 1.807) is 62.8 Å². The molecule has 1 fully saturated rings. The minimum Gasteiger partial charge on any atom is -0.379 e. The molecule has 1 aliphatic rings. The lowest BCUT2D eigenvalue weighted by Gasteiger charge is -2.41. The van der Waals surface area contributed by atoms with Crippen molar-refractivity contribution in [2.24, 2.45) is 23.5 Å². The van der Waals surface area contributed by atoms with E-state index >= 15 is 0 Å². The first-order valence-electron chi connectivity index (χ1n) is 17.5. The standard InChI is InChI=1S/C38H57N5O6/c1-9-25(4)34(42(6)38(47)33(24(2)3)28-15-10-11-16-29(28)36(39)45)31(48-7)22-32(44)43-21-13-17-30(43)35(49-8)26(5)37(46)41-20-18-27-14-12-19-40-23-27/h10-12,14-16,19,23-26,30-31,33-35H,9,13,17-18,20-22H2,1-8H3,(H2,39,45)(H,41,46)/t25-,26+,30-,31+,33-,34-,35+/m0/s1. The number of nitrogens with zero attached hydrogens (tertiary/aromatic N) is 3. The van der Waals surface area contributed by atoms with Gasteiger partial charge in [0.1, 0.15) is 0 Å². The number of nitrogens with one attached hydrogen (secondary N) is 1. The van der Waals surface area contributed by atoms with Gasteiger partial charge in [0.25, 0.3) is 0 Å². The van der Waals surface area contributed by atoms with Gasteiger partial charge in [0.15, 0.2) is 0 Å². The number of pyridine rings is 1.